The van der Waals surface area contributed by atoms with Crippen LogP contribution in [-0.2, 0) is 16.6 Å². The van der Waals surface area contributed by atoms with E-state index in [0.717, 1.165) is 9.35 Å². The monoisotopic (exact) mass is 458 g/mol. The van der Waals surface area contributed by atoms with E-state index < -0.39 is 10.0 Å². The summed E-state index contributed by atoms with van der Waals surface area (Å²) in [7, 11) is -3.69. The second-order valence-electron chi connectivity index (χ2n) is 3.86. The number of hydrogen-bond acceptors (Lipinski definition) is 4. The molecule has 0 saturated heterocycles. The van der Waals surface area contributed by atoms with Crippen LogP contribution in [0.3, 0.4) is 0 Å². The van der Waals surface area contributed by atoms with E-state index in [0.29, 0.717) is 4.47 Å². The van der Waals surface area contributed by atoms with Crippen molar-refractivity contribution in [1.82, 2.24) is 4.72 Å². The summed E-state index contributed by atoms with van der Waals surface area (Å²) in [6.07, 6.45) is 0. The average molecular weight is 461 g/mol. The molecule has 0 aliphatic carbocycles. The number of anilines is 1. The van der Waals surface area contributed by atoms with E-state index >= 15 is 0 Å². The first-order valence-corrected chi connectivity index (χ1v) is 9.59. The molecule has 108 valence electrons. The molecular weight excluding hydrogens is 452 g/mol. The van der Waals surface area contributed by atoms with Crippen molar-refractivity contribution in [3.63, 3.8) is 0 Å². The van der Waals surface area contributed by atoms with Gasteiger partial charge in [-0.1, -0.05) is 11.6 Å². The molecule has 0 spiro atoms. The third-order valence-electron chi connectivity index (χ3n) is 2.38. The minimum Gasteiger partial charge on any atom is -0.398 e. The molecule has 0 aliphatic rings. The molecule has 0 unspecified atom stereocenters. The maximum Gasteiger partial charge on any atom is 0.242 e. The van der Waals surface area contributed by atoms with Crippen molar-refractivity contribution in [2.45, 2.75) is 11.4 Å². The van der Waals surface area contributed by atoms with Crippen molar-refractivity contribution in [1.29, 1.82) is 0 Å². The number of halogens is 3. The quantitative estimate of drug-likeness (QED) is 0.678. The number of nitrogens with two attached hydrogens (primary N) is 1. The molecule has 1 heterocycles. The Hall–Kier alpha value is -0.120. The SMILES string of the molecule is Nc1cc(Cl)cc(S(=O)(=O)NCc2cc(Br)cs2)c1Br. The van der Waals surface area contributed by atoms with Crippen LogP contribution in [0.15, 0.2) is 37.4 Å². The fourth-order valence-corrected chi connectivity index (χ4v) is 5.25. The summed E-state index contributed by atoms with van der Waals surface area (Å²) in [4.78, 5) is 0.921. The summed E-state index contributed by atoms with van der Waals surface area (Å²) in [5.41, 5.74) is 5.98. The first kappa shape index (κ1) is 16.3. The molecule has 20 heavy (non-hydrogen) atoms. The number of rotatable bonds is 4. The van der Waals surface area contributed by atoms with Crippen LogP contribution in [0.25, 0.3) is 0 Å². The lowest BCUT2D eigenvalue weighted by Gasteiger charge is -2.10. The molecule has 0 fully saturated rings. The zero-order valence-electron chi connectivity index (χ0n) is 9.86. The molecule has 2 rings (SSSR count). The van der Waals surface area contributed by atoms with Gasteiger partial charge in [0.1, 0.15) is 0 Å². The Balaban J connectivity index is 2.27. The zero-order chi connectivity index (χ0) is 14.9. The van der Waals surface area contributed by atoms with Crippen molar-refractivity contribution in [2.24, 2.45) is 0 Å². The zero-order valence-corrected chi connectivity index (χ0v) is 15.4. The first-order chi connectivity index (χ1) is 9.29. The average Bonchev–Trinajstić information content (AvgIpc) is 2.77. The molecule has 2 aromatic rings. The minimum atomic E-state index is -3.69. The fourth-order valence-electron chi connectivity index (χ4n) is 1.47. The highest BCUT2D eigenvalue weighted by Crippen LogP contribution is 2.31. The van der Waals surface area contributed by atoms with Crippen LogP contribution in [0.4, 0.5) is 5.69 Å². The van der Waals surface area contributed by atoms with Crippen molar-refractivity contribution in [3.8, 4) is 0 Å². The van der Waals surface area contributed by atoms with E-state index in [1.807, 2.05) is 11.4 Å². The van der Waals surface area contributed by atoms with Gasteiger partial charge in [-0.05, 0) is 50.1 Å². The summed E-state index contributed by atoms with van der Waals surface area (Å²) in [6.45, 7) is 0.206. The Bertz CT molecular complexity index is 747. The maximum atomic E-state index is 12.3. The van der Waals surface area contributed by atoms with E-state index in [2.05, 4.69) is 36.6 Å². The molecule has 0 amide bonds. The summed E-state index contributed by atoms with van der Waals surface area (Å²) < 4.78 is 28.3. The van der Waals surface area contributed by atoms with Gasteiger partial charge >= 0.3 is 0 Å². The lowest BCUT2D eigenvalue weighted by molar-refractivity contribution is 0.581. The van der Waals surface area contributed by atoms with Gasteiger partial charge in [-0.3, -0.25) is 0 Å². The van der Waals surface area contributed by atoms with Crippen LogP contribution in [0.5, 0.6) is 0 Å². The van der Waals surface area contributed by atoms with Crippen LogP contribution in [-0.4, -0.2) is 8.42 Å². The van der Waals surface area contributed by atoms with Crippen molar-refractivity contribution >= 4 is 70.5 Å². The Kier molecular flexibility index (Phi) is 5.14. The highest BCUT2D eigenvalue weighted by Gasteiger charge is 2.20. The third kappa shape index (κ3) is 3.75. The van der Waals surface area contributed by atoms with Gasteiger partial charge in [0.15, 0.2) is 0 Å². The topological polar surface area (TPSA) is 72.2 Å². The summed E-state index contributed by atoms with van der Waals surface area (Å²) in [6, 6.07) is 4.70. The standard InChI is InChI=1S/C11H9Br2ClN2O2S2/c12-6-1-8(19-5-6)4-16-20(17,18)10-3-7(14)2-9(15)11(10)13/h1-3,5,16H,4,15H2. The second-order valence-corrected chi connectivity index (χ2v) is 8.74. The van der Waals surface area contributed by atoms with E-state index in [-0.39, 0.29) is 22.2 Å². The predicted molar refractivity (Wildman–Crippen MR) is 89.6 cm³/mol. The van der Waals surface area contributed by atoms with Gasteiger partial charge in [0.2, 0.25) is 10.0 Å². The fraction of sp³-hybridized carbons (Fsp3) is 0.0909. The van der Waals surface area contributed by atoms with Gasteiger partial charge in [0.05, 0.1) is 9.37 Å². The van der Waals surface area contributed by atoms with Crippen LogP contribution in [0.1, 0.15) is 4.88 Å². The minimum absolute atomic E-state index is 0.0260. The molecule has 0 bridgehead atoms. The molecule has 0 saturated carbocycles. The Morgan fingerprint density at radius 3 is 2.60 bits per heavy atom. The van der Waals surface area contributed by atoms with Gasteiger partial charge in [-0.15, -0.1) is 11.3 Å². The van der Waals surface area contributed by atoms with Gasteiger partial charge in [0.25, 0.3) is 0 Å². The molecule has 3 N–H and O–H groups in total. The van der Waals surface area contributed by atoms with E-state index in [9.17, 15) is 8.42 Å². The summed E-state index contributed by atoms with van der Waals surface area (Å²) in [5, 5.41) is 2.15. The highest BCUT2D eigenvalue weighted by atomic mass is 79.9. The van der Waals surface area contributed by atoms with Crippen LogP contribution >= 0.6 is 54.8 Å². The summed E-state index contributed by atoms with van der Waals surface area (Å²) >= 11 is 13.8. The molecule has 0 radical (unpaired) electrons. The maximum absolute atomic E-state index is 12.3. The van der Waals surface area contributed by atoms with Crippen LogP contribution in [0, 0.1) is 0 Å². The highest BCUT2D eigenvalue weighted by molar-refractivity contribution is 9.11. The van der Waals surface area contributed by atoms with Gasteiger partial charge < -0.3 is 5.73 Å². The van der Waals surface area contributed by atoms with Crippen molar-refractivity contribution in [2.75, 3.05) is 5.73 Å². The number of nitrogens with one attached hydrogen (secondary N) is 1. The van der Waals surface area contributed by atoms with E-state index in [1.54, 1.807) is 0 Å². The van der Waals surface area contributed by atoms with Crippen LogP contribution in [0.2, 0.25) is 5.02 Å². The van der Waals surface area contributed by atoms with Crippen molar-refractivity contribution < 1.29 is 8.42 Å². The largest absolute Gasteiger partial charge is 0.398 e. The molecule has 9 heteroatoms. The summed E-state index contributed by atoms with van der Waals surface area (Å²) in [5.74, 6) is 0. The normalized spacial score (nSPS) is 11.8. The number of hydrogen-bond donors (Lipinski definition) is 2. The van der Waals surface area contributed by atoms with Gasteiger partial charge in [0, 0.05) is 32.0 Å². The molecule has 0 atom stereocenters. The number of benzene rings is 1. The number of sulfonamides is 1. The van der Waals surface area contributed by atoms with Gasteiger partial charge in [-0.2, -0.15) is 0 Å². The van der Waals surface area contributed by atoms with Gasteiger partial charge in [-0.25, -0.2) is 13.1 Å². The lowest BCUT2D eigenvalue weighted by Crippen LogP contribution is -2.23. The van der Waals surface area contributed by atoms with Crippen molar-refractivity contribution in [3.05, 3.63) is 42.4 Å². The lowest BCUT2D eigenvalue weighted by atomic mass is 10.3. The predicted octanol–water partition coefficient (Wildman–Crippen LogP) is 3.99. The second kappa shape index (κ2) is 6.33. The Labute approximate surface area is 142 Å². The molecular formula is C11H9Br2ClN2O2S2. The molecule has 1 aromatic heterocycles. The molecule has 4 nitrogen and oxygen atoms in total. The molecule has 1 aromatic carbocycles. The first-order valence-electron chi connectivity index (χ1n) is 5.26. The number of thiophene rings is 1. The number of nitrogen functional groups attached to an aromatic ring is 1. The van der Waals surface area contributed by atoms with Crippen LogP contribution < -0.4 is 10.5 Å². The van der Waals surface area contributed by atoms with E-state index in [4.69, 9.17) is 17.3 Å². The smallest absolute Gasteiger partial charge is 0.242 e. The Morgan fingerprint density at radius 2 is 2.00 bits per heavy atom. The Morgan fingerprint density at radius 1 is 1.30 bits per heavy atom. The van der Waals surface area contributed by atoms with E-state index in [1.165, 1.54) is 23.5 Å². The third-order valence-corrected chi connectivity index (χ3v) is 6.87. The molecule has 0 aliphatic heterocycles.